The molecule has 0 bridgehead atoms. The summed E-state index contributed by atoms with van der Waals surface area (Å²) in [5.41, 5.74) is 8.22. The van der Waals surface area contributed by atoms with Crippen molar-refractivity contribution in [3.8, 4) is 45.3 Å². The largest absolute Gasteiger partial charge is 0.456 e. The fraction of sp³-hybridized carbons (Fsp3) is 0. The van der Waals surface area contributed by atoms with E-state index in [0.717, 1.165) is 98.6 Å². The van der Waals surface area contributed by atoms with Gasteiger partial charge in [0.25, 0.3) is 0 Å². The molecule has 5 nitrogen and oxygen atoms in total. The van der Waals surface area contributed by atoms with E-state index in [0.29, 0.717) is 17.5 Å². The van der Waals surface area contributed by atoms with E-state index in [4.69, 9.17) is 23.8 Å². The Bertz CT molecular complexity index is 3550. The molecule has 260 valence electrons. The lowest BCUT2D eigenvalue weighted by Gasteiger charge is -2.12. The van der Waals surface area contributed by atoms with Gasteiger partial charge in [-0.1, -0.05) is 140 Å². The van der Waals surface area contributed by atoms with E-state index in [2.05, 4.69) is 121 Å². The summed E-state index contributed by atoms with van der Waals surface area (Å²) in [5.74, 6) is 1.82. The second kappa shape index (κ2) is 11.9. The molecular weight excluding hydrogens is 687 g/mol. The molecule has 0 fully saturated rings. The Morgan fingerprint density at radius 3 is 1.73 bits per heavy atom. The normalized spacial score (nSPS) is 11.9. The molecule has 0 atom stereocenters. The predicted octanol–water partition coefficient (Wildman–Crippen LogP) is 13.8. The van der Waals surface area contributed by atoms with Crippen molar-refractivity contribution < 1.29 is 8.83 Å². The van der Waals surface area contributed by atoms with Crippen molar-refractivity contribution in [2.24, 2.45) is 0 Å². The van der Waals surface area contributed by atoms with Gasteiger partial charge in [0.05, 0.1) is 0 Å². The maximum atomic E-state index is 6.67. The van der Waals surface area contributed by atoms with Crippen molar-refractivity contribution in [2.45, 2.75) is 0 Å². The number of hydrogen-bond donors (Lipinski definition) is 0. The molecule has 0 aliphatic rings. The van der Waals surface area contributed by atoms with E-state index in [1.807, 2.05) is 54.6 Å². The molecule has 0 saturated heterocycles. The third-order valence-corrected chi connectivity index (χ3v) is 11.1. The summed E-state index contributed by atoms with van der Waals surface area (Å²) in [7, 11) is 0. The molecule has 0 radical (unpaired) electrons. The first-order valence-corrected chi connectivity index (χ1v) is 18.8. The van der Waals surface area contributed by atoms with Gasteiger partial charge in [-0.3, -0.25) is 0 Å². The molecule has 0 N–H and O–H groups in total. The molecule has 5 heteroatoms. The van der Waals surface area contributed by atoms with Crippen molar-refractivity contribution in [3.05, 3.63) is 176 Å². The number of benzene rings is 9. The molecule has 0 spiro atoms. The first kappa shape index (κ1) is 30.8. The summed E-state index contributed by atoms with van der Waals surface area (Å²) in [5, 5.41) is 11.1. The molecule has 0 saturated carbocycles. The van der Waals surface area contributed by atoms with Crippen molar-refractivity contribution in [2.75, 3.05) is 0 Å². The highest BCUT2D eigenvalue weighted by molar-refractivity contribution is 6.22. The molecule has 0 amide bonds. The van der Waals surface area contributed by atoms with Gasteiger partial charge in [-0.2, -0.15) is 0 Å². The number of fused-ring (bicyclic) bond motifs is 11. The van der Waals surface area contributed by atoms with E-state index < -0.39 is 0 Å². The number of furan rings is 2. The zero-order valence-corrected chi connectivity index (χ0v) is 29.9. The van der Waals surface area contributed by atoms with Crippen LogP contribution in [-0.4, -0.2) is 15.0 Å². The number of nitrogens with zero attached hydrogens (tertiary/aromatic N) is 3. The average Bonchev–Trinajstić information content (AvgIpc) is 3.84. The fourth-order valence-electron chi connectivity index (χ4n) is 8.58. The summed E-state index contributed by atoms with van der Waals surface area (Å²) in [6.07, 6.45) is 0. The Balaban J connectivity index is 1.07. The summed E-state index contributed by atoms with van der Waals surface area (Å²) in [6.45, 7) is 0. The van der Waals surface area contributed by atoms with Crippen LogP contribution < -0.4 is 0 Å². The highest BCUT2D eigenvalue weighted by Gasteiger charge is 2.21. The zero-order valence-electron chi connectivity index (χ0n) is 29.9. The van der Waals surface area contributed by atoms with Crippen LogP contribution in [0.15, 0.2) is 185 Å². The third kappa shape index (κ3) is 4.64. The van der Waals surface area contributed by atoms with Crippen LogP contribution in [0.4, 0.5) is 0 Å². The summed E-state index contributed by atoms with van der Waals surface area (Å²) < 4.78 is 13.1. The van der Waals surface area contributed by atoms with Gasteiger partial charge in [0.2, 0.25) is 0 Å². The lowest BCUT2D eigenvalue weighted by Crippen LogP contribution is -2.01. The minimum atomic E-state index is 0.588. The van der Waals surface area contributed by atoms with Crippen LogP contribution in [0.25, 0.3) is 121 Å². The highest BCUT2D eigenvalue weighted by atomic mass is 16.3. The van der Waals surface area contributed by atoms with Crippen LogP contribution in [-0.2, 0) is 0 Å². The van der Waals surface area contributed by atoms with Gasteiger partial charge in [0.1, 0.15) is 22.3 Å². The summed E-state index contributed by atoms with van der Waals surface area (Å²) in [6, 6.07) is 60.9. The zero-order chi connectivity index (χ0) is 36.7. The number of hydrogen-bond acceptors (Lipinski definition) is 5. The first-order chi connectivity index (χ1) is 27.7. The number of aromatic nitrogens is 3. The van der Waals surface area contributed by atoms with E-state index in [9.17, 15) is 0 Å². The lowest BCUT2D eigenvalue weighted by atomic mass is 9.94. The van der Waals surface area contributed by atoms with E-state index in [1.54, 1.807) is 0 Å². The fourth-order valence-corrected chi connectivity index (χ4v) is 8.58. The van der Waals surface area contributed by atoms with E-state index in [-0.39, 0.29) is 0 Å². The Morgan fingerprint density at radius 2 is 0.893 bits per heavy atom. The Labute approximate surface area is 320 Å². The molecule has 0 unspecified atom stereocenters. The third-order valence-electron chi connectivity index (χ3n) is 11.1. The maximum absolute atomic E-state index is 6.67. The molecule has 56 heavy (non-hydrogen) atoms. The van der Waals surface area contributed by atoms with Crippen molar-refractivity contribution in [1.82, 2.24) is 15.0 Å². The van der Waals surface area contributed by atoms with Gasteiger partial charge in [0.15, 0.2) is 17.5 Å². The van der Waals surface area contributed by atoms with Crippen molar-refractivity contribution in [3.63, 3.8) is 0 Å². The minimum Gasteiger partial charge on any atom is -0.456 e. The van der Waals surface area contributed by atoms with Crippen LogP contribution in [0.3, 0.4) is 0 Å². The van der Waals surface area contributed by atoms with Gasteiger partial charge in [-0.15, -0.1) is 0 Å². The molecule has 0 aliphatic heterocycles. The standard InChI is InChI=1S/C51H29N3O2/c1-2-13-30(14-3-1)49-52-50(54-51(53-49)42-27-31-15-4-5-16-33(31)34-17-6-7-18-35(34)42)40-22-12-24-44-48(40)39-26-25-32(28-45(39)56-44)41-29-46-47(37-20-9-8-19-36(37)41)38-21-10-11-23-43(38)55-46/h1-29H. The molecule has 3 heterocycles. The van der Waals surface area contributed by atoms with Crippen LogP contribution in [0, 0.1) is 0 Å². The molecular formula is C51H29N3O2. The monoisotopic (exact) mass is 715 g/mol. The lowest BCUT2D eigenvalue weighted by molar-refractivity contribution is 0.668. The molecule has 12 rings (SSSR count). The van der Waals surface area contributed by atoms with E-state index in [1.165, 1.54) is 5.39 Å². The second-order valence-corrected chi connectivity index (χ2v) is 14.3. The first-order valence-electron chi connectivity index (χ1n) is 18.8. The smallest absolute Gasteiger partial charge is 0.164 e. The van der Waals surface area contributed by atoms with Crippen LogP contribution in [0.1, 0.15) is 0 Å². The van der Waals surface area contributed by atoms with Crippen molar-refractivity contribution in [1.29, 1.82) is 0 Å². The second-order valence-electron chi connectivity index (χ2n) is 14.3. The van der Waals surface area contributed by atoms with Gasteiger partial charge in [-0.05, 0) is 79.8 Å². The van der Waals surface area contributed by atoms with Gasteiger partial charge >= 0.3 is 0 Å². The van der Waals surface area contributed by atoms with Gasteiger partial charge in [-0.25, -0.2) is 15.0 Å². The molecule has 9 aromatic carbocycles. The SMILES string of the molecule is c1ccc(-c2nc(-c3cc4ccccc4c4ccccc34)nc(-c3cccc4oc5cc(-c6cc7oc8ccccc8c7c7ccccc67)ccc5c34)n2)cc1. The topological polar surface area (TPSA) is 65.0 Å². The molecule has 0 aliphatic carbocycles. The van der Waals surface area contributed by atoms with E-state index >= 15 is 0 Å². The average molecular weight is 716 g/mol. The van der Waals surface area contributed by atoms with Crippen LogP contribution >= 0.6 is 0 Å². The quantitative estimate of drug-likeness (QED) is 0.170. The van der Waals surface area contributed by atoms with Crippen LogP contribution in [0.5, 0.6) is 0 Å². The number of rotatable bonds is 4. The molecule has 3 aromatic heterocycles. The molecule has 12 aromatic rings. The summed E-state index contributed by atoms with van der Waals surface area (Å²) >= 11 is 0. The minimum absolute atomic E-state index is 0.588. The predicted molar refractivity (Wildman–Crippen MR) is 229 cm³/mol. The number of para-hydroxylation sites is 1. The maximum Gasteiger partial charge on any atom is 0.164 e. The highest BCUT2D eigenvalue weighted by Crippen LogP contribution is 2.43. The van der Waals surface area contributed by atoms with Gasteiger partial charge < -0.3 is 8.83 Å². The van der Waals surface area contributed by atoms with Gasteiger partial charge in [0, 0.05) is 38.2 Å². The van der Waals surface area contributed by atoms with Crippen LogP contribution in [0.2, 0.25) is 0 Å². The van der Waals surface area contributed by atoms with Crippen molar-refractivity contribution >= 4 is 76.2 Å². The summed E-state index contributed by atoms with van der Waals surface area (Å²) in [4.78, 5) is 15.6. The Kier molecular flexibility index (Phi) is 6.56. The Morgan fingerprint density at radius 1 is 0.286 bits per heavy atom. The Hall–Kier alpha value is -7.63.